The molecule has 0 saturated carbocycles. The van der Waals surface area contributed by atoms with Gasteiger partial charge in [-0.3, -0.25) is 9.69 Å². The zero-order chi connectivity index (χ0) is 15.8. The van der Waals surface area contributed by atoms with E-state index in [1.165, 1.54) is 0 Å². The van der Waals surface area contributed by atoms with Crippen LogP contribution in [0.25, 0.3) is 0 Å². The van der Waals surface area contributed by atoms with Gasteiger partial charge in [-0.15, -0.1) is 0 Å². The lowest BCUT2D eigenvalue weighted by Crippen LogP contribution is -2.42. The fourth-order valence-electron chi connectivity index (χ4n) is 2.43. The average Bonchev–Trinajstić information content (AvgIpc) is 2.44. The van der Waals surface area contributed by atoms with E-state index in [0.717, 1.165) is 28.6 Å². The maximum absolute atomic E-state index is 12.2. The van der Waals surface area contributed by atoms with Crippen LogP contribution in [0.4, 0.5) is 5.69 Å². The lowest BCUT2D eigenvalue weighted by Gasteiger charge is -2.29. The standard InChI is InChI=1S/C16H25BrN2O2/c1-4-14(5-2)19(8-9-20)11-16(21)18-13-6-7-15(17)12(3)10-13/h6-7,10,14,20H,4-5,8-9,11H2,1-3H3,(H,18,21). The molecule has 21 heavy (non-hydrogen) atoms. The first-order valence-electron chi connectivity index (χ1n) is 7.42. The topological polar surface area (TPSA) is 52.6 Å². The number of benzene rings is 1. The first-order valence-corrected chi connectivity index (χ1v) is 8.22. The average molecular weight is 357 g/mol. The van der Waals surface area contributed by atoms with Gasteiger partial charge in [0.1, 0.15) is 0 Å². The van der Waals surface area contributed by atoms with Crippen LogP contribution in [-0.4, -0.2) is 41.7 Å². The molecule has 0 heterocycles. The Balaban J connectivity index is 2.66. The fourth-order valence-corrected chi connectivity index (χ4v) is 2.68. The Morgan fingerprint density at radius 3 is 2.57 bits per heavy atom. The SMILES string of the molecule is CCC(CC)N(CCO)CC(=O)Nc1ccc(Br)c(C)c1. The Labute approximate surface area is 135 Å². The smallest absolute Gasteiger partial charge is 0.238 e. The molecule has 0 bridgehead atoms. The van der Waals surface area contributed by atoms with Crippen LogP contribution in [0.15, 0.2) is 22.7 Å². The summed E-state index contributed by atoms with van der Waals surface area (Å²) in [4.78, 5) is 14.2. The molecule has 2 N–H and O–H groups in total. The molecule has 0 aliphatic carbocycles. The van der Waals surface area contributed by atoms with E-state index >= 15 is 0 Å². The second-order valence-electron chi connectivity index (χ2n) is 5.18. The van der Waals surface area contributed by atoms with Gasteiger partial charge in [-0.25, -0.2) is 0 Å². The summed E-state index contributed by atoms with van der Waals surface area (Å²) in [6.07, 6.45) is 1.95. The maximum atomic E-state index is 12.2. The predicted octanol–water partition coefficient (Wildman–Crippen LogP) is 3.18. The van der Waals surface area contributed by atoms with Crippen molar-refractivity contribution in [3.8, 4) is 0 Å². The zero-order valence-electron chi connectivity index (χ0n) is 13.0. The molecule has 0 aliphatic heterocycles. The highest BCUT2D eigenvalue weighted by molar-refractivity contribution is 9.10. The summed E-state index contributed by atoms with van der Waals surface area (Å²) in [5.41, 5.74) is 1.88. The van der Waals surface area contributed by atoms with E-state index in [0.29, 0.717) is 19.1 Å². The van der Waals surface area contributed by atoms with E-state index < -0.39 is 0 Å². The second kappa shape index (κ2) is 9.18. The van der Waals surface area contributed by atoms with Gasteiger partial charge in [0, 0.05) is 22.7 Å². The van der Waals surface area contributed by atoms with Crippen molar-refractivity contribution in [3.05, 3.63) is 28.2 Å². The molecule has 4 nitrogen and oxygen atoms in total. The Morgan fingerprint density at radius 1 is 1.38 bits per heavy atom. The Kier molecular flexibility index (Phi) is 7.93. The van der Waals surface area contributed by atoms with Crippen molar-refractivity contribution in [1.29, 1.82) is 0 Å². The largest absolute Gasteiger partial charge is 0.395 e. The van der Waals surface area contributed by atoms with Crippen molar-refractivity contribution >= 4 is 27.5 Å². The number of amides is 1. The highest BCUT2D eigenvalue weighted by Gasteiger charge is 2.17. The predicted molar refractivity (Wildman–Crippen MR) is 90.5 cm³/mol. The van der Waals surface area contributed by atoms with E-state index in [-0.39, 0.29) is 12.5 Å². The van der Waals surface area contributed by atoms with E-state index in [1.807, 2.05) is 30.0 Å². The van der Waals surface area contributed by atoms with Crippen LogP contribution in [-0.2, 0) is 4.79 Å². The first-order chi connectivity index (χ1) is 10.0. The van der Waals surface area contributed by atoms with Gasteiger partial charge in [0.15, 0.2) is 0 Å². The minimum Gasteiger partial charge on any atom is -0.395 e. The minimum absolute atomic E-state index is 0.0444. The van der Waals surface area contributed by atoms with Gasteiger partial charge in [0.2, 0.25) is 5.91 Å². The normalized spacial score (nSPS) is 11.2. The number of carbonyl (C=O) groups excluding carboxylic acids is 1. The molecule has 1 rings (SSSR count). The van der Waals surface area contributed by atoms with Gasteiger partial charge < -0.3 is 10.4 Å². The Hall–Kier alpha value is -0.910. The summed E-state index contributed by atoms with van der Waals surface area (Å²) in [7, 11) is 0. The number of aryl methyl sites for hydroxylation is 1. The number of rotatable bonds is 8. The molecule has 0 unspecified atom stereocenters. The quantitative estimate of drug-likeness (QED) is 0.751. The van der Waals surface area contributed by atoms with Crippen LogP contribution in [0.3, 0.4) is 0 Å². The van der Waals surface area contributed by atoms with Crippen molar-refractivity contribution in [1.82, 2.24) is 4.90 Å². The summed E-state index contributed by atoms with van der Waals surface area (Å²) < 4.78 is 1.03. The number of anilines is 1. The molecule has 1 aromatic carbocycles. The Bertz CT molecular complexity index is 462. The summed E-state index contributed by atoms with van der Waals surface area (Å²) in [6.45, 7) is 7.10. The molecule has 1 aromatic rings. The fraction of sp³-hybridized carbons (Fsp3) is 0.562. The van der Waals surface area contributed by atoms with Crippen LogP contribution in [0.2, 0.25) is 0 Å². The van der Waals surface area contributed by atoms with E-state index in [1.54, 1.807) is 0 Å². The summed E-state index contributed by atoms with van der Waals surface area (Å²) in [5.74, 6) is -0.0444. The number of aliphatic hydroxyl groups is 1. The second-order valence-corrected chi connectivity index (χ2v) is 6.03. The number of halogens is 1. The number of nitrogens with one attached hydrogen (secondary N) is 1. The molecule has 0 aromatic heterocycles. The highest BCUT2D eigenvalue weighted by atomic mass is 79.9. The lowest BCUT2D eigenvalue weighted by atomic mass is 10.1. The van der Waals surface area contributed by atoms with Crippen LogP contribution < -0.4 is 5.32 Å². The third-order valence-corrected chi connectivity index (χ3v) is 4.52. The minimum atomic E-state index is -0.0444. The van der Waals surface area contributed by atoms with Crippen molar-refractivity contribution in [2.45, 2.75) is 39.7 Å². The van der Waals surface area contributed by atoms with Crippen molar-refractivity contribution in [3.63, 3.8) is 0 Å². The molecule has 0 spiro atoms. The third-order valence-electron chi connectivity index (χ3n) is 3.63. The molecule has 0 saturated heterocycles. The lowest BCUT2D eigenvalue weighted by molar-refractivity contribution is -0.118. The highest BCUT2D eigenvalue weighted by Crippen LogP contribution is 2.20. The van der Waals surface area contributed by atoms with Gasteiger partial charge in [0.05, 0.1) is 13.2 Å². The monoisotopic (exact) mass is 356 g/mol. The van der Waals surface area contributed by atoms with Gasteiger partial charge >= 0.3 is 0 Å². The van der Waals surface area contributed by atoms with E-state index in [9.17, 15) is 4.79 Å². The number of carbonyl (C=O) groups is 1. The Morgan fingerprint density at radius 2 is 2.05 bits per heavy atom. The molecule has 0 aliphatic rings. The molecule has 0 fully saturated rings. The number of hydrogen-bond acceptors (Lipinski definition) is 3. The van der Waals surface area contributed by atoms with Crippen LogP contribution >= 0.6 is 15.9 Å². The van der Waals surface area contributed by atoms with Crippen molar-refractivity contribution in [2.75, 3.05) is 25.0 Å². The molecular weight excluding hydrogens is 332 g/mol. The molecular formula is C16H25BrN2O2. The van der Waals surface area contributed by atoms with E-state index in [4.69, 9.17) is 5.11 Å². The summed E-state index contributed by atoms with van der Waals surface area (Å²) in [5, 5.41) is 12.1. The summed E-state index contributed by atoms with van der Waals surface area (Å²) in [6, 6.07) is 6.07. The van der Waals surface area contributed by atoms with Crippen molar-refractivity contribution in [2.24, 2.45) is 0 Å². The molecule has 1 amide bonds. The first kappa shape index (κ1) is 18.1. The van der Waals surface area contributed by atoms with Crippen LogP contribution in [0.5, 0.6) is 0 Å². The van der Waals surface area contributed by atoms with E-state index in [2.05, 4.69) is 35.1 Å². The number of nitrogens with zero attached hydrogens (tertiary/aromatic N) is 1. The van der Waals surface area contributed by atoms with Crippen molar-refractivity contribution < 1.29 is 9.90 Å². The van der Waals surface area contributed by atoms with Gasteiger partial charge in [-0.05, 0) is 43.5 Å². The third kappa shape index (κ3) is 5.77. The summed E-state index contributed by atoms with van der Waals surface area (Å²) >= 11 is 3.45. The molecule has 5 heteroatoms. The van der Waals surface area contributed by atoms with Gasteiger partial charge in [-0.1, -0.05) is 29.8 Å². The van der Waals surface area contributed by atoms with Gasteiger partial charge in [0.25, 0.3) is 0 Å². The molecule has 0 radical (unpaired) electrons. The number of aliphatic hydroxyl groups excluding tert-OH is 1. The molecule has 0 atom stereocenters. The number of hydrogen-bond donors (Lipinski definition) is 2. The molecule has 118 valence electrons. The van der Waals surface area contributed by atoms with Crippen LogP contribution in [0.1, 0.15) is 32.3 Å². The zero-order valence-corrected chi connectivity index (χ0v) is 14.6. The van der Waals surface area contributed by atoms with Crippen LogP contribution in [0, 0.1) is 6.92 Å². The maximum Gasteiger partial charge on any atom is 0.238 e. The van der Waals surface area contributed by atoms with Gasteiger partial charge in [-0.2, -0.15) is 0 Å².